The molecule has 0 amide bonds. The van der Waals surface area contributed by atoms with E-state index in [2.05, 4.69) is 19.7 Å². The average molecular weight is 642 g/mol. The van der Waals surface area contributed by atoms with E-state index in [-0.39, 0.29) is 11.4 Å². The monoisotopic (exact) mass is 642 g/mol. The van der Waals surface area contributed by atoms with Gasteiger partial charge in [-0.15, -0.1) is 0 Å². The molecule has 0 bridgehead atoms. The highest BCUT2D eigenvalue weighted by Gasteiger charge is 2.76. The first-order chi connectivity index (χ1) is 19.0. The summed E-state index contributed by atoms with van der Waals surface area (Å²) in [7, 11) is 0. The van der Waals surface area contributed by atoms with Crippen LogP contribution in [0.2, 0.25) is 0 Å². The Hall–Kier alpha value is -3.48. The summed E-state index contributed by atoms with van der Waals surface area (Å²) >= 11 is 0. The molecule has 236 valence electrons. The molecule has 2 rings (SSSR count). The first-order valence-electron chi connectivity index (χ1n) is 10.7. The Labute approximate surface area is 223 Å². The highest BCUT2D eigenvalue weighted by atomic mass is 19.4. The molecule has 0 saturated carbocycles. The Morgan fingerprint density at radius 3 is 0.976 bits per heavy atom. The highest BCUT2D eigenvalue weighted by molar-refractivity contribution is 5.44. The second-order valence-corrected chi connectivity index (χ2v) is 8.17. The number of nitrogens with zero attached hydrogens (tertiary/aromatic N) is 2. The summed E-state index contributed by atoms with van der Waals surface area (Å²) in [5.41, 5.74) is -0.156. The summed E-state index contributed by atoms with van der Waals surface area (Å²) in [6, 6.07) is 7.26. The highest BCUT2D eigenvalue weighted by Crippen LogP contribution is 2.49. The predicted octanol–water partition coefficient (Wildman–Crippen LogP) is 9.20. The Morgan fingerprint density at radius 2 is 0.738 bits per heavy atom. The Bertz CT molecular complexity index is 1110. The van der Waals surface area contributed by atoms with Gasteiger partial charge in [-0.3, -0.25) is 0 Å². The van der Waals surface area contributed by atoms with Crippen molar-refractivity contribution in [3.05, 3.63) is 48.5 Å². The molecule has 4 nitrogen and oxygen atoms in total. The summed E-state index contributed by atoms with van der Waals surface area (Å²) in [5.74, 6) is -38.3. The van der Waals surface area contributed by atoms with Gasteiger partial charge < -0.3 is 9.47 Å². The van der Waals surface area contributed by atoms with E-state index >= 15 is 0 Å². The van der Waals surface area contributed by atoms with Gasteiger partial charge in [-0.05, 0) is 48.5 Å². The number of rotatable bonds is 14. The van der Waals surface area contributed by atoms with Gasteiger partial charge in [-0.25, -0.2) is 17.6 Å². The molecule has 0 fully saturated rings. The first kappa shape index (κ1) is 34.7. The van der Waals surface area contributed by atoms with Crippen LogP contribution in [0, 0.1) is 0 Å². The standard InChI is InChI=1S/C22H14F16N2O2/c23-15(24)19(31,32)21(35,36)17(27,28)9-41-13-5-1-11(2-6-13)39-40-12-3-7-14(8-4-12)42-10-18(29,30)22(37,38)20(33,34)16(25)26/h1-8,15-16H,9-10H2/b40-39+. The van der Waals surface area contributed by atoms with Crippen molar-refractivity contribution in [2.24, 2.45) is 10.2 Å². The Kier molecular flexibility index (Phi) is 9.94. The summed E-state index contributed by atoms with van der Waals surface area (Å²) in [6.07, 6.45) is -10.2. The van der Waals surface area contributed by atoms with Crippen LogP contribution in [0.4, 0.5) is 81.6 Å². The lowest BCUT2D eigenvalue weighted by Gasteiger charge is -2.32. The van der Waals surface area contributed by atoms with Crippen molar-refractivity contribution in [1.29, 1.82) is 0 Å². The predicted molar refractivity (Wildman–Crippen MR) is 110 cm³/mol. The van der Waals surface area contributed by atoms with Crippen LogP contribution >= 0.6 is 0 Å². The molecule has 0 N–H and O–H groups in total. The molecule has 0 aliphatic rings. The van der Waals surface area contributed by atoms with E-state index in [0.29, 0.717) is 0 Å². The van der Waals surface area contributed by atoms with Crippen molar-refractivity contribution in [3.63, 3.8) is 0 Å². The van der Waals surface area contributed by atoms with Crippen LogP contribution in [-0.4, -0.2) is 61.6 Å². The molecule has 0 aliphatic carbocycles. The van der Waals surface area contributed by atoms with Crippen molar-refractivity contribution in [2.45, 2.75) is 48.4 Å². The molecule has 2 aromatic rings. The van der Waals surface area contributed by atoms with Crippen LogP contribution < -0.4 is 9.47 Å². The zero-order valence-electron chi connectivity index (χ0n) is 19.9. The largest absolute Gasteiger partial charge is 0.487 e. The maximum atomic E-state index is 13.5. The summed E-state index contributed by atoms with van der Waals surface area (Å²) in [5, 5.41) is 7.23. The zero-order chi connectivity index (χ0) is 32.4. The number of hydrogen-bond donors (Lipinski definition) is 0. The third-order valence-electron chi connectivity index (χ3n) is 5.10. The summed E-state index contributed by atoms with van der Waals surface area (Å²) < 4.78 is 216. The van der Waals surface area contributed by atoms with Gasteiger partial charge in [0, 0.05) is 0 Å². The molecule has 0 unspecified atom stereocenters. The van der Waals surface area contributed by atoms with Crippen LogP contribution in [0.25, 0.3) is 0 Å². The fourth-order valence-electron chi connectivity index (χ4n) is 2.62. The van der Waals surface area contributed by atoms with E-state index < -0.39 is 73.1 Å². The Morgan fingerprint density at radius 1 is 0.476 bits per heavy atom. The molecule has 0 heterocycles. The SMILES string of the molecule is FC(F)C(F)(F)C(F)(F)C(F)(F)COc1ccc(/N=N/c2ccc(OCC(F)(F)C(F)(F)C(F)(F)C(F)F)cc2)cc1. The third-order valence-corrected chi connectivity index (χ3v) is 5.10. The molecule has 0 radical (unpaired) electrons. The molecule has 0 spiro atoms. The van der Waals surface area contributed by atoms with Crippen molar-refractivity contribution < 1.29 is 79.7 Å². The quantitative estimate of drug-likeness (QED) is 0.152. The van der Waals surface area contributed by atoms with E-state index in [1.165, 1.54) is 0 Å². The molecule has 0 atom stereocenters. The van der Waals surface area contributed by atoms with Gasteiger partial charge >= 0.3 is 48.4 Å². The molecule has 2 aromatic carbocycles. The minimum atomic E-state index is -6.46. The van der Waals surface area contributed by atoms with Crippen LogP contribution in [0.1, 0.15) is 0 Å². The van der Waals surface area contributed by atoms with Gasteiger partial charge in [-0.1, -0.05) is 0 Å². The van der Waals surface area contributed by atoms with Gasteiger partial charge in [0.2, 0.25) is 0 Å². The average Bonchev–Trinajstić information content (AvgIpc) is 2.90. The lowest BCUT2D eigenvalue weighted by atomic mass is 10.1. The maximum Gasteiger partial charge on any atom is 0.381 e. The fourth-order valence-corrected chi connectivity index (χ4v) is 2.62. The van der Waals surface area contributed by atoms with Gasteiger partial charge in [0.15, 0.2) is 13.2 Å². The molecule has 20 heteroatoms. The maximum absolute atomic E-state index is 13.5. The van der Waals surface area contributed by atoms with E-state index in [1.54, 1.807) is 0 Å². The smallest absolute Gasteiger partial charge is 0.381 e. The van der Waals surface area contributed by atoms with E-state index in [1.807, 2.05) is 0 Å². The fraction of sp³-hybridized carbons (Fsp3) is 0.455. The molecular formula is C22H14F16N2O2. The molecular weight excluding hydrogens is 628 g/mol. The number of ether oxygens (including phenoxy) is 2. The number of hydrogen-bond acceptors (Lipinski definition) is 4. The van der Waals surface area contributed by atoms with E-state index in [4.69, 9.17) is 0 Å². The van der Waals surface area contributed by atoms with Crippen molar-refractivity contribution in [3.8, 4) is 11.5 Å². The second kappa shape index (κ2) is 12.0. The van der Waals surface area contributed by atoms with E-state index in [9.17, 15) is 70.2 Å². The van der Waals surface area contributed by atoms with Crippen molar-refractivity contribution in [1.82, 2.24) is 0 Å². The number of halogens is 16. The van der Waals surface area contributed by atoms with Gasteiger partial charge in [0.05, 0.1) is 11.4 Å². The van der Waals surface area contributed by atoms with Crippen LogP contribution in [0.15, 0.2) is 58.8 Å². The zero-order valence-corrected chi connectivity index (χ0v) is 19.9. The molecule has 0 aliphatic heterocycles. The van der Waals surface area contributed by atoms with Crippen molar-refractivity contribution in [2.75, 3.05) is 13.2 Å². The third kappa shape index (κ3) is 6.93. The second-order valence-electron chi connectivity index (χ2n) is 8.17. The van der Waals surface area contributed by atoms with Crippen molar-refractivity contribution >= 4 is 11.4 Å². The lowest BCUT2D eigenvalue weighted by molar-refractivity contribution is -0.342. The van der Waals surface area contributed by atoms with Crippen LogP contribution in [-0.2, 0) is 0 Å². The number of alkyl halides is 16. The van der Waals surface area contributed by atoms with E-state index in [0.717, 1.165) is 48.5 Å². The first-order valence-corrected chi connectivity index (χ1v) is 10.7. The molecule has 0 aromatic heterocycles. The summed E-state index contributed by atoms with van der Waals surface area (Å²) in [6.45, 7) is -4.81. The normalized spacial score (nSPS) is 14.2. The topological polar surface area (TPSA) is 43.2 Å². The minimum Gasteiger partial charge on any atom is -0.487 e. The van der Waals surface area contributed by atoms with Gasteiger partial charge in [-0.2, -0.15) is 62.9 Å². The van der Waals surface area contributed by atoms with Gasteiger partial charge in [0.1, 0.15) is 11.5 Å². The Balaban J connectivity index is 1.99. The van der Waals surface area contributed by atoms with Crippen LogP contribution in [0.3, 0.4) is 0 Å². The number of azo groups is 1. The molecule has 42 heavy (non-hydrogen) atoms. The van der Waals surface area contributed by atoms with Crippen LogP contribution in [0.5, 0.6) is 11.5 Å². The number of benzene rings is 2. The molecule has 0 saturated heterocycles. The minimum absolute atomic E-state index is 0.0779. The van der Waals surface area contributed by atoms with Gasteiger partial charge in [0.25, 0.3) is 0 Å². The summed E-state index contributed by atoms with van der Waals surface area (Å²) in [4.78, 5) is 0. The lowest BCUT2D eigenvalue weighted by Crippen LogP contribution is -2.59.